The number of nitrogens with zero attached hydrogens (tertiary/aromatic N) is 2. The number of carbonyl (C=O) groups excluding carboxylic acids is 2. The number of hydrogen-bond donors (Lipinski definition) is 2. The average Bonchev–Trinajstić information content (AvgIpc) is 2.99. The minimum atomic E-state index is -0.689. The van der Waals surface area contributed by atoms with Crippen LogP contribution in [0.25, 0.3) is 5.69 Å². The lowest BCUT2D eigenvalue weighted by atomic mass is 10.0. The van der Waals surface area contributed by atoms with E-state index in [0.717, 1.165) is 0 Å². The third-order valence-corrected chi connectivity index (χ3v) is 3.91. The molecule has 1 atom stereocenters. The zero-order valence-corrected chi connectivity index (χ0v) is 16.6. The van der Waals surface area contributed by atoms with Gasteiger partial charge in [0.15, 0.2) is 0 Å². The Bertz CT molecular complexity index is 819. The van der Waals surface area contributed by atoms with Crippen LogP contribution in [0.15, 0.2) is 30.5 Å². The summed E-state index contributed by atoms with van der Waals surface area (Å²) in [7, 11) is 0. The summed E-state index contributed by atoms with van der Waals surface area (Å²) in [6.45, 7) is 11.2. The third kappa shape index (κ3) is 5.15. The molecule has 0 spiro atoms. The van der Waals surface area contributed by atoms with Gasteiger partial charge in [-0.25, -0.2) is 9.07 Å². The van der Waals surface area contributed by atoms with Crippen LogP contribution in [-0.4, -0.2) is 33.2 Å². The molecule has 2 amide bonds. The summed E-state index contributed by atoms with van der Waals surface area (Å²) in [6.07, 6.45) is 1.47. The number of aromatic nitrogens is 2. The predicted octanol–water partition coefficient (Wildman–Crippen LogP) is 3.17. The van der Waals surface area contributed by atoms with Gasteiger partial charge >= 0.3 is 0 Å². The van der Waals surface area contributed by atoms with E-state index in [4.69, 9.17) is 0 Å². The molecule has 1 aromatic carbocycles. The van der Waals surface area contributed by atoms with E-state index in [1.165, 1.54) is 18.3 Å². The molecular formula is C20H27FN4O2. The van der Waals surface area contributed by atoms with Crippen LogP contribution in [0.2, 0.25) is 0 Å². The number of nitrogens with one attached hydrogen (secondary N) is 2. The van der Waals surface area contributed by atoms with E-state index in [1.807, 2.05) is 34.6 Å². The predicted molar refractivity (Wildman–Crippen MR) is 102 cm³/mol. The molecule has 1 unspecified atom stereocenters. The smallest absolute Gasteiger partial charge is 0.255 e. The van der Waals surface area contributed by atoms with Gasteiger partial charge in [0, 0.05) is 5.54 Å². The summed E-state index contributed by atoms with van der Waals surface area (Å²) < 4.78 is 14.8. The Kier molecular flexibility index (Phi) is 6.03. The van der Waals surface area contributed by atoms with E-state index >= 15 is 0 Å². The van der Waals surface area contributed by atoms with E-state index in [-0.39, 0.29) is 29.1 Å². The number of amides is 2. The molecular weight excluding hydrogens is 347 g/mol. The molecule has 0 aliphatic rings. The van der Waals surface area contributed by atoms with Crippen molar-refractivity contribution in [3.63, 3.8) is 0 Å². The molecule has 2 rings (SSSR count). The lowest BCUT2D eigenvalue weighted by molar-refractivity contribution is -0.124. The number of benzene rings is 1. The fourth-order valence-corrected chi connectivity index (χ4v) is 2.69. The van der Waals surface area contributed by atoms with Crippen LogP contribution in [0.4, 0.5) is 4.39 Å². The highest BCUT2D eigenvalue weighted by atomic mass is 19.1. The average molecular weight is 374 g/mol. The summed E-state index contributed by atoms with van der Waals surface area (Å²) in [5.41, 5.74) is 1.37. The summed E-state index contributed by atoms with van der Waals surface area (Å²) in [4.78, 5) is 25.0. The normalized spacial score (nSPS) is 12.7. The summed E-state index contributed by atoms with van der Waals surface area (Å²) >= 11 is 0. The summed E-state index contributed by atoms with van der Waals surface area (Å²) in [5, 5.41) is 9.87. The highest BCUT2D eigenvalue weighted by Crippen LogP contribution is 2.23. The van der Waals surface area contributed by atoms with Crippen LogP contribution < -0.4 is 10.6 Å². The number of halogens is 1. The minimum Gasteiger partial charge on any atom is -0.350 e. The fraction of sp³-hybridized carbons (Fsp3) is 0.450. The van der Waals surface area contributed by atoms with E-state index in [1.54, 1.807) is 23.7 Å². The highest BCUT2D eigenvalue weighted by molar-refractivity contribution is 5.98. The van der Waals surface area contributed by atoms with E-state index in [9.17, 15) is 14.0 Å². The summed E-state index contributed by atoms with van der Waals surface area (Å²) in [5.74, 6) is -0.970. The van der Waals surface area contributed by atoms with Gasteiger partial charge in [0.2, 0.25) is 5.91 Å². The standard InChI is InChI=1S/C20H27FN4O2/c1-12(2)17-16(11-22-25(17)15-9-7-14(21)8-10-15)19(27)23-13(3)18(26)24-20(4,5)6/h7-13H,1-6H3,(H,23,27)(H,24,26). The number of hydrogen-bond acceptors (Lipinski definition) is 3. The zero-order valence-electron chi connectivity index (χ0n) is 16.6. The van der Waals surface area contributed by atoms with Crippen molar-refractivity contribution in [3.05, 3.63) is 47.5 Å². The first-order chi connectivity index (χ1) is 12.5. The molecule has 0 aliphatic heterocycles. The highest BCUT2D eigenvalue weighted by Gasteiger charge is 2.25. The van der Waals surface area contributed by atoms with Gasteiger partial charge in [0.1, 0.15) is 11.9 Å². The molecule has 0 bridgehead atoms. The van der Waals surface area contributed by atoms with Crippen molar-refractivity contribution >= 4 is 11.8 Å². The lowest BCUT2D eigenvalue weighted by Crippen LogP contribution is -2.50. The van der Waals surface area contributed by atoms with Crippen molar-refractivity contribution in [1.82, 2.24) is 20.4 Å². The van der Waals surface area contributed by atoms with Crippen LogP contribution in [0.5, 0.6) is 0 Å². The van der Waals surface area contributed by atoms with Gasteiger partial charge in [-0.1, -0.05) is 13.8 Å². The molecule has 0 aliphatic carbocycles. The van der Waals surface area contributed by atoms with Crippen molar-refractivity contribution in [2.75, 3.05) is 0 Å². The van der Waals surface area contributed by atoms with Gasteiger partial charge in [0.25, 0.3) is 5.91 Å². The fourth-order valence-electron chi connectivity index (χ4n) is 2.69. The van der Waals surface area contributed by atoms with E-state index in [0.29, 0.717) is 16.9 Å². The third-order valence-electron chi connectivity index (χ3n) is 3.91. The monoisotopic (exact) mass is 374 g/mol. The Balaban J connectivity index is 2.26. The maximum Gasteiger partial charge on any atom is 0.255 e. The molecule has 6 nitrogen and oxygen atoms in total. The Hall–Kier alpha value is -2.70. The van der Waals surface area contributed by atoms with Gasteiger partial charge in [-0.2, -0.15) is 5.10 Å². The topological polar surface area (TPSA) is 76.0 Å². The van der Waals surface area contributed by atoms with Gasteiger partial charge in [-0.3, -0.25) is 9.59 Å². The summed E-state index contributed by atoms with van der Waals surface area (Å²) in [6, 6.07) is 5.22. The molecule has 1 aromatic heterocycles. The molecule has 0 radical (unpaired) electrons. The van der Waals surface area contributed by atoms with Crippen molar-refractivity contribution in [3.8, 4) is 5.69 Å². The Morgan fingerprint density at radius 2 is 1.70 bits per heavy atom. The van der Waals surface area contributed by atoms with Crippen LogP contribution in [-0.2, 0) is 4.79 Å². The zero-order chi connectivity index (χ0) is 20.4. The maximum absolute atomic E-state index is 13.2. The number of rotatable bonds is 5. The van der Waals surface area contributed by atoms with Gasteiger partial charge in [-0.15, -0.1) is 0 Å². The van der Waals surface area contributed by atoms with E-state index < -0.39 is 6.04 Å². The second-order valence-electron chi connectivity index (χ2n) is 7.92. The molecule has 0 saturated carbocycles. The molecule has 2 N–H and O–H groups in total. The quantitative estimate of drug-likeness (QED) is 0.844. The van der Waals surface area contributed by atoms with Gasteiger partial charge in [0.05, 0.1) is 23.1 Å². The molecule has 0 fully saturated rings. The van der Waals surface area contributed by atoms with Crippen LogP contribution in [0.1, 0.15) is 63.5 Å². The van der Waals surface area contributed by atoms with Crippen LogP contribution >= 0.6 is 0 Å². The first kappa shape index (κ1) is 20.6. The van der Waals surface area contributed by atoms with Crippen molar-refractivity contribution in [2.45, 2.75) is 59.0 Å². The van der Waals surface area contributed by atoms with Crippen LogP contribution in [0.3, 0.4) is 0 Å². The van der Waals surface area contributed by atoms with Gasteiger partial charge in [-0.05, 0) is 57.9 Å². The second kappa shape index (κ2) is 7.90. The van der Waals surface area contributed by atoms with Crippen molar-refractivity contribution in [1.29, 1.82) is 0 Å². The van der Waals surface area contributed by atoms with E-state index in [2.05, 4.69) is 15.7 Å². The molecule has 2 aromatic rings. The molecule has 27 heavy (non-hydrogen) atoms. The van der Waals surface area contributed by atoms with Crippen LogP contribution in [0, 0.1) is 5.82 Å². The largest absolute Gasteiger partial charge is 0.350 e. The Morgan fingerprint density at radius 1 is 1.11 bits per heavy atom. The minimum absolute atomic E-state index is 0.00277. The SMILES string of the molecule is CC(NC(=O)c1cnn(-c2ccc(F)cc2)c1C(C)C)C(=O)NC(C)(C)C. The number of carbonyl (C=O) groups is 2. The van der Waals surface area contributed by atoms with Gasteiger partial charge < -0.3 is 10.6 Å². The first-order valence-corrected chi connectivity index (χ1v) is 8.96. The maximum atomic E-state index is 13.2. The molecule has 0 saturated heterocycles. The lowest BCUT2D eigenvalue weighted by Gasteiger charge is -2.23. The first-order valence-electron chi connectivity index (χ1n) is 8.96. The molecule has 1 heterocycles. The second-order valence-corrected chi connectivity index (χ2v) is 7.92. The molecule has 7 heteroatoms. The van der Waals surface area contributed by atoms with Crippen molar-refractivity contribution < 1.29 is 14.0 Å². The van der Waals surface area contributed by atoms with Crippen molar-refractivity contribution in [2.24, 2.45) is 0 Å². The Morgan fingerprint density at radius 3 is 2.22 bits per heavy atom. The molecule has 146 valence electrons. The Labute approximate surface area is 159 Å².